The van der Waals surface area contributed by atoms with E-state index in [0.717, 1.165) is 37.0 Å². The number of amides is 2. The molecule has 1 aliphatic carbocycles. The molecule has 5 heteroatoms. The number of carbonyl (C=O) groups excluding carboxylic acids is 2. The van der Waals surface area contributed by atoms with Crippen LogP contribution in [0.2, 0.25) is 0 Å². The van der Waals surface area contributed by atoms with Crippen LogP contribution < -0.4 is 10.1 Å². The summed E-state index contributed by atoms with van der Waals surface area (Å²) in [5, 5.41) is 3.18. The van der Waals surface area contributed by atoms with E-state index in [1.807, 2.05) is 68.4 Å². The summed E-state index contributed by atoms with van der Waals surface area (Å²) in [6.07, 6.45) is 6.57. The number of hydrogen-bond acceptors (Lipinski definition) is 3. The van der Waals surface area contributed by atoms with Gasteiger partial charge in [-0.25, -0.2) is 0 Å². The van der Waals surface area contributed by atoms with E-state index in [1.54, 1.807) is 4.90 Å². The van der Waals surface area contributed by atoms with Gasteiger partial charge in [0.1, 0.15) is 11.8 Å². The van der Waals surface area contributed by atoms with Gasteiger partial charge < -0.3 is 15.0 Å². The maximum absolute atomic E-state index is 13.2. The van der Waals surface area contributed by atoms with Crippen LogP contribution in [0.15, 0.2) is 54.6 Å². The Morgan fingerprint density at radius 2 is 1.72 bits per heavy atom. The van der Waals surface area contributed by atoms with Gasteiger partial charge in [0.15, 0.2) is 0 Å². The average Bonchev–Trinajstić information content (AvgIpc) is 2.82. The number of ether oxygens (including phenoxy) is 1. The Labute approximate surface area is 192 Å². The molecule has 0 aliphatic heterocycles. The van der Waals surface area contributed by atoms with Gasteiger partial charge in [0.25, 0.3) is 0 Å². The van der Waals surface area contributed by atoms with E-state index < -0.39 is 6.04 Å². The quantitative estimate of drug-likeness (QED) is 0.532. The van der Waals surface area contributed by atoms with Gasteiger partial charge in [-0.05, 0) is 50.8 Å². The summed E-state index contributed by atoms with van der Waals surface area (Å²) in [4.78, 5) is 27.9. The molecule has 0 unspecified atom stereocenters. The number of rotatable bonds is 10. The van der Waals surface area contributed by atoms with Gasteiger partial charge in [-0.15, -0.1) is 0 Å². The van der Waals surface area contributed by atoms with Crippen LogP contribution in [0, 0.1) is 6.92 Å². The first-order chi connectivity index (χ1) is 15.5. The Kier molecular flexibility index (Phi) is 9.14. The molecular formula is C27H36N2O3. The molecule has 1 aliphatic rings. The molecule has 0 aromatic heterocycles. The number of hydrogen-bond donors (Lipinski definition) is 1. The molecule has 1 N–H and O–H groups in total. The van der Waals surface area contributed by atoms with Gasteiger partial charge in [-0.3, -0.25) is 9.59 Å². The van der Waals surface area contributed by atoms with E-state index in [2.05, 4.69) is 5.32 Å². The van der Waals surface area contributed by atoms with E-state index >= 15 is 0 Å². The lowest BCUT2D eigenvalue weighted by Gasteiger charge is -2.31. The van der Waals surface area contributed by atoms with Crippen molar-refractivity contribution in [3.8, 4) is 5.75 Å². The average molecular weight is 437 g/mol. The van der Waals surface area contributed by atoms with Gasteiger partial charge in [-0.2, -0.15) is 0 Å². The molecule has 3 rings (SSSR count). The molecule has 0 radical (unpaired) electrons. The first-order valence-electron chi connectivity index (χ1n) is 11.9. The molecule has 0 heterocycles. The van der Waals surface area contributed by atoms with Crippen LogP contribution in [0.25, 0.3) is 0 Å². The fourth-order valence-electron chi connectivity index (χ4n) is 4.12. The van der Waals surface area contributed by atoms with Crippen LogP contribution in [0.5, 0.6) is 5.75 Å². The second-order valence-corrected chi connectivity index (χ2v) is 8.79. The third-order valence-corrected chi connectivity index (χ3v) is 6.14. The number of para-hydroxylation sites is 1. The highest BCUT2D eigenvalue weighted by Crippen LogP contribution is 2.19. The van der Waals surface area contributed by atoms with E-state index in [1.165, 1.54) is 12.0 Å². The van der Waals surface area contributed by atoms with E-state index in [9.17, 15) is 9.59 Å². The lowest BCUT2D eigenvalue weighted by atomic mass is 9.95. The second kappa shape index (κ2) is 12.3. The maximum Gasteiger partial charge on any atom is 0.242 e. The first kappa shape index (κ1) is 23.8. The minimum absolute atomic E-state index is 0.0199. The monoisotopic (exact) mass is 436 g/mol. The molecular weight excluding hydrogens is 400 g/mol. The minimum Gasteiger partial charge on any atom is -0.494 e. The minimum atomic E-state index is -0.513. The molecule has 0 bridgehead atoms. The van der Waals surface area contributed by atoms with E-state index in [-0.39, 0.29) is 17.9 Å². The first-order valence-corrected chi connectivity index (χ1v) is 11.9. The fraction of sp³-hybridized carbons (Fsp3) is 0.481. The van der Waals surface area contributed by atoms with Gasteiger partial charge in [0.2, 0.25) is 11.8 Å². The highest BCUT2D eigenvalue weighted by molar-refractivity contribution is 5.87. The van der Waals surface area contributed by atoms with Crippen molar-refractivity contribution in [3.63, 3.8) is 0 Å². The zero-order valence-electron chi connectivity index (χ0n) is 19.4. The van der Waals surface area contributed by atoms with Gasteiger partial charge >= 0.3 is 0 Å². The highest BCUT2D eigenvalue weighted by Gasteiger charge is 2.27. The fourth-order valence-corrected chi connectivity index (χ4v) is 4.12. The number of carbonyl (C=O) groups is 2. The SMILES string of the molecule is Cc1ccc(CN(C(=O)CCCOc2ccccc2)[C@@H](C)C(=O)NC2CCCCC2)cc1. The van der Waals surface area contributed by atoms with Crippen LogP contribution in [-0.2, 0) is 16.1 Å². The summed E-state index contributed by atoms with van der Waals surface area (Å²) in [5.41, 5.74) is 2.20. The second-order valence-electron chi connectivity index (χ2n) is 8.79. The van der Waals surface area contributed by atoms with Crippen molar-refractivity contribution >= 4 is 11.8 Å². The molecule has 1 fully saturated rings. The summed E-state index contributed by atoms with van der Waals surface area (Å²) in [6, 6.07) is 17.5. The molecule has 1 atom stereocenters. The number of benzene rings is 2. The number of nitrogens with zero attached hydrogens (tertiary/aromatic N) is 1. The third kappa shape index (κ3) is 7.40. The normalized spacial score (nSPS) is 15.1. The van der Waals surface area contributed by atoms with Crippen molar-refractivity contribution in [2.24, 2.45) is 0 Å². The molecule has 2 aromatic carbocycles. The third-order valence-electron chi connectivity index (χ3n) is 6.14. The Morgan fingerprint density at radius 1 is 1.03 bits per heavy atom. The smallest absolute Gasteiger partial charge is 0.242 e. The molecule has 2 aromatic rings. The standard InChI is InChI=1S/C27H36N2O3/c1-21-15-17-23(18-16-21)20-29(22(2)27(31)28-24-10-5-3-6-11-24)26(30)14-9-19-32-25-12-7-4-8-13-25/h4,7-8,12-13,15-18,22,24H,3,5-6,9-11,14,19-20H2,1-2H3,(H,28,31)/t22-/m0/s1. The predicted octanol–water partition coefficient (Wildman–Crippen LogP) is 5.02. The van der Waals surface area contributed by atoms with Crippen molar-refractivity contribution in [2.45, 2.75) is 77.4 Å². The molecule has 2 amide bonds. The Hall–Kier alpha value is -2.82. The van der Waals surface area contributed by atoms with Crippen molar-refractivity contribution < 1.29 is 14.3 Å². The van der Waals surface area contributed by atoms with Crippen molar-refractivity contribution in [2.75, 3.05) is 6.61 Å². The Bertz CT molecular complexity index is 845. The highest BCUT2D eigenvalue weighted by atomic mass is 16.5. The van der Waals surface area contributed by atoms with E-state index in [0.29, 0.717) is 26.0 Å². The van der Waals surface area contributed by atoms with Gasteiger partial charge in [0.05, 0.1) is 6.61 Å². The molecule has 32 heavy (non-hydrogen) atoms. The van der Waals surface area contributed by atoms with Crippen LogP contribution in [-0.4, -0.2) is 35.4 Å². The summed E-state index contributed by atoms with van der Waals surface area (Å²) in [6.45, 7) is 4.78. The maximum atomic E-state index is 13.2. The topological polar surface area (TPSA) is 58.6 Å². The van der Waals surface area contributed by atoms with E-state index in [4.69, 9.17) is 4.74 Å². The Morgan fingerprint density at radius 3 is 2.41 bits per heavy atom. The summed E-state index contributed by atoms with van der Waals surface area (Å²) >= 11 is 0. The van der Waals surface area contributed by atoms with Crippen LogP contribution >= 0.6 is 0 Å². The molecule has 0 spiro atoms. The summed E-state index contributed by atoms with van der Waals surface area (Å²) in [5.74, 6) is 0.725. The predicted molar refractivity (Wildman–Crippen MR) is 127 cm³/mol. The Balaban J connectivity index is 1.59. The van der Waals surface area contributed by atoms with Crippen molar-refractivity contribution in [3.05, 3.63) is 65.7 Å². The van der Waals surface area contributed by atoms with Crippen LogP contribution in [0.1, 0.15) is 63.0 Å². The molecule has 5 nitrogen and oxygen atoms in total. The zero-order valence-corrected chi connectivity index (χ0v) is 19.4. The number of aryl methyl sites for hydroxylation is 1. The van der Waals surface area contributed by atoms with Gasteiger partial charge in [-0.1, -0.05) is 67.3 Å². The zero-order chi connectivity index (χ0) is 22.8. The number of nitrogens with one attached hydrogen (secondary N) is 1. The largest absolute Gasteiger partial charge is 0.494 e. The molecule has 1 saturated carbocycles. The van der Waals surface area contributed by atoms with Crippen molar-refractivity contribution in [1.29, 1.82) is 0 Å². The van der Waals surface area contributed by atoms with Crippen molar-refractivity contribution in [1.82, 2.24) is 10.2 Å². The summed E-state index contributed by atoms with van der Waals surface area (Å²) < 4.78 is 5.73. The lowest BCUT2D eigenvalue weighted by molar-refractivity contribution is -0.141. The summed E-state index contributed by atoms with van der Waals surface area (Å²) in [7, 11) is 0. The lowest BCUT2D eigenvalue weighted by Crippen LogP contribution is -2.50. The molecule has 0 saturated heterocycles. The van der Waals surface area contributed by atoms with Crippen LogP contribution in [0.3, 0.4) is 0 Å². The molecule has 172 valence electrons. The van der Waals surface area contributed by atoms with Gasteiger partial charge in [0, 0.05) is 19.0 Å². The van der Waals surface area contributed by atoms with Crippen LogP contribution in [0.4, 0.5) is 0 Å².